The molecule has 3 atom stereocenters. The molecule has 0 aromatic heterocycles. The molecule has 0 saturated carbocycles. The number of amides is 3. The second-order valence-electron chi connectivity index (χ2n) is 10.1. The first kappa shape index (κ1) is 24.5. The van der Waals surface area contributed by atoms with Gasteiger partial charge in [0.25, 0.3) is 11.8 Å². The van der Waals surface area contributed by atoms with Crippen molar-refractivity contribution < 1.29 is 19.1 Å². The largest absolute Gasteiger partial charge is 0.351 e. The SMILES string of the molecule is NCCCC[C@H](NC(=O)C1OC1C(=O)NC1Cc2ccccc2C1)C(=O)NC1Cc2ccccc2C1. The molecule has 0 radical (unpaired) electrons. The number of nitrogens with one attached hydrogen (secondary N) is 3. The third kappa shape index (κ3) is 5.60. The van der Waals surface area contributed by atoms with Gasteiger partial charge >= 0.3 is 0 Å². The molecule has 0 spiro atoms. The number of fused-ring (bicyclic) bond motifs is 2. The number of benzene rings is 2. The fourth-order valence-corrected chi connectivity index (χ4v) is 5.43. The Hall–Kier alpha value is -3.23. The number of hydrogen-bond donors (Lipinski definition) is 4. The van der Waals surface area contributed by atoms with Crippen molar-refractivity contribution in [1.29, 1.82) is 0 Å². The van der Waals surface area contributed by atoms with E-state index in [0.717, 1.165) is 38.5 Å². The van der Waals surface area contributed by atoms with E-state index in [0.29, 0.717) is 13.0 Å². The number of carbonyl (C=O) groups is 3. The van der Waals surface area contributed by atoms with Crippen LogP contribution >= 0.6 is 0 Å². The Kier molecular flexibility index (Phi) is 7.34. The molecule has 36 heavy (non-hydrogen) atoms. The van der Waals surface area contributed by atoms with E-state index >= 15 is 0 Å². The van der Waals surface area contributed by atoms with Crippen molar-refractivity contribution in [3.05, 3.63) is 70.8 Å². The molecule has 2 aromatic rings. The summed E-state index contributed by atoms with van der Waals surface area (Å²) in [7, 11) is 0. The normalized spacial score (nSPS) is 21.4. The summed E-state index contributed by atoms with van der Waals surface area (Å²) < 4.78 is 5.43. The van der Waals surface area contributed by atoms with Gasteiger partial charge in [-0.25, -0.2) is 0 Å². The van der Waals surface area contributed by atoms with Crippen LogP contribution in [-0.4, -0.2) is 54.6 Å². The van der Waals surface area contributed by atoms with Gasteiger partial charge in [0, 0.05) is 12.1 Å². The van der Waals surface area contributed by atoms with Gasteiger partial charge in [-0.1, -0.05) is 48.5 Å². The molecular weight excluding hydrogens is 456 g/mol. The summed E-state index contributed by atoms with van der Waals surface area (Å²) >= 11 is 0. The van der Waals surface area contributed by atoms with Crippen LogP contribution in [0, 0.1) is 0 Å². The minimum absolute atomic E-state index is 0.00753. The number of epoxide rings is 1. The summed E-state index contributed by atoms with van der Waals surface area (Å²) in [6.07, 6.45) is 3.41. The van der Waals surface area contributed by atoms with Crippen molar-refractivity contribution in [3.63, 3.8) is 0 Å². The monoisotopic (exact) mass is 490 g/mol. The second kappa shape index (κ2) is 10.8. The van der Waals surface area contributed by atoms with Crippen LogP contribution < -0.4 is 21.7 Å². The van der Waals surface area contributed by atoms with Crippen LogP contribution in [0.15, 0.2) is 48.5 Å². The first-order chi connectivity index (χ1) is 17.5. The number of ether oxygens (including phenoxy) is 1. The number of unbranched alkanes of at least 4 members (excludes halogenated alkanes) is 1. The zero-order valence-corrected chi connectivity index (χ0v) is 20.4. The quantitative estimate of drug-likeness (QED) is 0.291. The standard InChI is InChI=1S/C28H34N4O4/c29-12-6-5-11-23(26(33)30-21-13-17-7-1-2-8-18(17)14-21)32-28(35)25-24(36-25)27(34)31-22-15-19-9-3-4-10-20(19)16-22/h1-4,7-10,21-25H,5-6,11-16,29H2,(H,30,33)(H,31,34)(H,32,35)/t23-,24?,25?/m0/s1. The van der Waals surface area contributed by atoms with Gasteiger partial charge in [-0.3, -0.25) is 14.4 Å². The Morgan fingerprint density at radius 1 is 0.778 bits per heavy atom. The molecule has 5 N–H and O–H groups in total. The van der Waals surface area contributed by atoms with Crippen molar-refractivity contribution in [2.45, 2.75) is 75.3 Å². The van der Waals surface area contributed by atoms with Gasteiger partial charge in [-0.2, -0.15) is 0 Å². The molecule has 3 aliphatic rings. The molecule has 5 rings (SSSR count). The summed E-state index contributed by atoms with van der Waals surface area (Å²) in [6.45, 7) is 0.527. The number of rotatable bonds is 10. The Morgan fingerprint density at radius 3 is 1.81 bits per heavy atom. The highest BCUT2D eigenvalue weighted by molar-refractivity contribution is 5.97. The third-order valence-electron chi connectivity index (χ3n) is 7.38. The van der Waals surface area contributed by atoms with E-state index in [1.807, 2.05) is 24.3 Å². The van der Waals surface area contributed by atoms with E-state index in [9.17, 15) is 14.4 Å². The zero-order valence-electron chi connectivity index (χ0n) is 20.4. The van der Waals surface area contributed by atoms with E-state index in [1.165, 1.54) is 22.3 Å². The van der Waals surface area contributed by atoms with Crippen LogP contribution in [-0.2, 0) is 44.8 Å². The Labute approximate surface area is 211 Å². The fraction of sp³-hybridized carbons (Fsp3) is 0.464. The molecule has 2 aliphatic carbocycles. The molecule has 1 aliphatic heterocycles. The predicted octanol–water partition coefficient (Wildman–Crippen LogP) is 0.935. The smallest absolute Gasteiger partial charge is 0.253 e. The molecule has 8 nitrogen and oxygen atoms in total. The summed E-state index contributed by atoms with van der Waals surface area (Å²) in [5, 5.41) is 8.94. The van der Waals surface area contributed by atoms with Gasteiger partial charge in [0.1, 0.15) is 6.04 Å². The zero-order chi connectivity index (χ0) is 25.1. The first-order valence-corrected chi connectivity index (χ1v) is 12.9. The fourth-order valence-electron chi connectivity index (χ4n) is 5.43. The highest BCUT2D eigenvalue weighted by Gasteiger charge is 2.51. The van der Waals surface area contributed by atoms with Gasteiger partial charge in [0.15, 0.2) is 12.2 Å². The number of carbonyl (C=O) groups excluding carboxylic acids is 3. The summed E-state index contributed by atoms with van der Waals surface area (Å²) in [6, 6.07) is 15.7. The molecule has 3 amide bonds. The topological polar surface area (TPSA) is 126 Å². The minimum Gasteiger partial charge on any atom is -0.351 e. The molecule has 8 heteroatoms. The van der Waals surface area contributed by atoms with Crippen molar-refractivity contribution >= 4 is 17.7 Å². The van der Waals surface area contributed by atoms with E-state index in [4.69, 9.17) is 10.5 Å². The van der Waals surface area contributed by atoms with E-state index < -0.39 is 24.2 Å². The maximum atomic E-state index is 13.1. The van der Waals surface area contributed by atoms with E-state index in [-0.39, 0.29) is 23.9 Å². The van der Waals surface area contributed by atoms with Crippen LogP contribution in [0.1, 0.15) is 41.5 Å². The molecule has 190 valence electrons. The molecule has 1 fully saturated rings. The molecule has 1 saturated heterocycles. The van der Waals surface area contributed by atoms with Gasteiger partial charge in [0.05, 0.1) is 0 Å². The summed E-state index contributed by atoms with van der Waals surface area (Å²) in [4.78, 5) is 38.7. The van der Waals surface area contributed by atoms with Crippen LogP contribution in [0.5, 0.6) is 0 Å². The van der Waals surface area contributed by atoms with Gasteiger partial charge in [-0.05, 0) is 73.7 Å². The Balaban J connectivity index is 1.12. The molecule has 1 heterocycles. The number of hydrogen-bond acceptors (Lipinski definition) is 5. The highest BCUT2D eigenvalue weighted by Crippen LogP contribution is 2.26. The average molecular weight is 491 g/mol. The Bertz CT molecular complexity index is 1090. The average Bonchev–Trinajstić information content (AvgIpc) is 3.42. The van der Waals surface area contributed by atoms with Crippen LogP contribution in [0.3, 0.4) is 0 Å². The molecular formula is C28H34N4O4. The lowest BCUT2D eigenvalue weighted by molar-refractivity contribution is -0.130. The van der Waals surface area contributed by atoms with Crippen molar-refractivity contribution in [2.75, 3.05) is 6.54 Å². The van der Waals surface area contributed by atoms with E-state index in [2.05, 4.69) is 40.2 Å². The minimum atomic E-state index is -0.866. The van der Waals surface area contributed by atoms with Crippen molar-refractivity contribution in [1.82, 2.24) is 16.0 Å². The summed E-state index contributed by atoms with van der Waals surface area (Å²) in [5.74, 6) is -0.906. The number of nitrogens with two attached hydrogens (primary N) is 1. The maximum Gasteiger partial charge on any atom is 0.253 e. The van der Waals surface area contributed by atoms with Gasteiger partial charge in [-0.15, -0.1) is 0 Å². The second-order valence-corrected chi connectivity index (χ2v) is 10.1. The Morgan fingerprint density at radius 2 is 1.28 bits per heavy atom. The van der Waals surface area contributed by atoms with Crippen LogP contribution in [0.2, 0.25) is 0 Å². The third-order valence-corrected chi connectivity index (χ3v) is 7.38. The lowest BCUT2D eigenvalue weighted by Gasteiger charge is -2.21. The lowest BCUT2D eigenvalue weighted by atomic mass is 10.1. The predicted molar refractivity (Wildman–Crippen MR) is 135 cm³/mol. The van der Waals surface area contributed by atoms with Crippen molar-refractivity contribution in [3.8, 4) is 0 Å². The van der Waals surface area contributed by atoms with Crippen molar-refractivity contribution in [2.24, 2.45) is 5.73 Å². The lowest BCUT2D eigenvalue weighted by Crippen LogP contribution is -2.51. The molecule has 2 aromatic carbocycles. The van der Waals surface area contributed by atoms with Gasteiger partial charge < -0.3 is 26.4 Å². The maximum absolute atomic E-state index is 13.1. The highest BCUT2D eigenvalue weighted by atomic mass is 16.6. The van der Waals surface area contributed by atoms with Crippen LogP contribution in [0.25, 0.3) is 0 Å². The summed E-state index contributed by atoms with van der Waals surface area (Å²) in [5.41, 5.74) is 10.6. The van der Waals surface area contributed by atoms with E-state index in [1.54, 1.807) is 0 Å². The van der Waals surface area contributed by atoms with Crippen LogP contribution in [0.4, 0.5) is 0 Å². The molecule has 0 bridgehead atoms. The molecule has 2 unspecified atom stereocenters. The first-order valence-electron chi connectivity index (χ1n) is 12.9. The van der Waals surface area contributed by atoms with Gasteiger partial charge in [0.2, 0.25) is 5.91 Å².